The summed E-state index contributed by atoms with van der Waals surface area (Å²) in [7, 11) is 3.08. The first-order valence-electron chi connectivity index (χ1n) is 9.49. The molecule has 0 radical (unpaired) electrons. The quantitative estimate of drug-likeness (QED) is 0.608. The van der Waals surface area contributed by atoms with Crippen LogP contribution >= 0.6 is 11.6 Å². The van der Waals surface area contributed by atoms with Gasteiger partial charge in [-0.1, -0.05) is 29.8 Å². The molecule has 160 valence electrons. The van der Waals surface area contributed by atoms with Gasteiger partial charge in [-0.15, -0.1) is 5.10 Å². The molecule has 10 heteroatoms. The molecule has 4 rings (SSSR count). The lowest BCUT2D eigenvalue weighted by Crippen LogP contribution is -2.29. The van der Waals surface area contributed by atoms with E-state index in [0.29, 0.717) is 16.5 Å². The minimum absolute atomic E-state index is 0.0944. The number of anilines is 2. The van der Waals surface area contributed by atoms with Crippen molar-refractivity contribution in [3.63, 3.8) is 0 Å². The van der Waals surface area contributed by atoms with Crippen LogP contribution in [-0.4, -0.2) is 40.8 Å². The monoisotopic (exact) mass is 441 g/mol. The molecule has 0 spiro atoms. The molecule has 1 aliphatic rings. The van der Waals surface area contributed by atoms with E-state index in [9.17, 15) is 9.59 Å². The van der Waals surface area contributed by atoms with Gasteiger partial charge in [-0.2, -0.15) is 4.98 Å². The third-order valence-corrected chi connectivity index (χ3v) is 5.13. The summed E-state index contributed by atoms with van der Waals surface area (Å²) >= 11 is 5.97. The van der Waals surface area contributed by atoms with Gasteiger partial charge in [0.25, 0.3) is 5.95 Å². The Morgan fingerprint density at radius 3 is 2.65 bits per heavy atom. The number of benzene rings is 2. The fourth-order valence-electron chi connectivity index (χ4n) is 3.41. The van der Waals surface area contributed by atoms with E-state index in [4.69, 9.17) is 21.1 Å². The Kier molecular flexibility index (Phi) is 5.77. The van der Waals surface area contributed by atoms with Gasteiger partial charge in [0, 0.05) is 5.02 Å². The summed E-state index contributed by atoms with van der Waals surface area (Å²) in [5.74, 6) is 1.03. The van der Waals surface area contributed by atoms with Gasteiger partial charge in [0.2, 0.25) is 17.8 Å². The number of carbonyl (C=O) groups is 2. The number of nitrogens with zero attached hydrogens (tertiary/aromatic N) is 3. The van der Waals surface area contributed by atoms with Crippen LogP contribution < -0.4 is 20.1 Å². The van der Waals surface area contributed by atoms with Crippen LogP contribution in [0.3, 0.4) is 0 Å². The molecule has 0 saturated carbocycles. The highest BCUT2D eigenvalue weighted by molar-refractivity contribution is 6.30. The Hall–Kier alpha value is -3.59. The second kappa shape index (κ2) is 8.65. The van der Waals surface area contributed by atoms with E-state index in [1.54, 1.807) is 42.1 Å². The molecule has 0 saturated heterocycles. The largest absolute Gasteiger partial charge is 0.493 e. The lowest BCUT2D eigenvalue weighted by atomic mass is 10.0. The van der Waals surface area contributed by atoms with Crippen molar-refractivity contribution in [2.75, 3.05) is 24.9 Å². The van der Waals surface area contributed by atoms with Gasteiger partial charge < -0.3 is 9.47 Å². The number of amides is 2. The van der Waals surface area contributed by atoms with Crippen molar-refractivity contribution in [2.45, 2.75) is 18.9 Å². The highest BCUT2D eigenvalue weighted by Crippen LogP contribution is 2.31. The van der Waals surface area contributed by atoms with Crippen LogP contribution in [-0.2, 0) is 16.0 Å². The number of ether oxygens (including phenoxy) is 2. The zero-order valence-electron chi connectivity index (χ0n) is 16.9. The Labute approximate surface area is 183 Å². The third-order valence-electron chi connectivity index (χ3n) is 4.88. The predicted molar refractivity (Wildman–Crippen MR) is 115 cm³/mol. The Bertz CT molecular complexity index is 1130. The van der Waals surface area contributed by atoms with Crippen LogP contribution in [0.2, 0.25) is 5.02 Å². The second-order valence-corrected chi connectivity index (χ2v) is 7.37. The summed E-state index contributed by atoms with van der Waals surface area (Å²) in [5.41, 5.74) is 1.61. The lowest BCUT2D eigenvalue weighted by Gasteiger charge is -2.23. The molecular formula is C21H20ClN5O4. The number of fused-ring (bicyclic) bond motifs is 1. The molecule has 1 aliphatic heterocycles. The number of aromatic nitrogens is 3. The number of carbonyl (C=O) groups excluding carboxylic acids is 2. The average Bonchev–Trinajstić information content (AvgIpc) is 3.15. The number of methoxy groups -OCH3 is 2. The summed E-state index contributed by atoms with van der Waals surface area (Å²) in [4.78, 5) is 28.9. The first-order valence-corrected chi connectivity index (χ1v) is 9.87. The fourth-order valence-corrected chi connectivity index (χ4v) is 3.53. The topological polar surface area (TPSA) is 107 Å². The molecule has 0 fully saturated rings. The van der Waals surface area contributed by atoms with Crippen molar-refractivity contribution in [3.05, 3.63) is 58.6 Å². The second-order valence-electron chi connectivity index (χ2n) is 6.94. The normalized spacial score (nSPS) is 15.1. The molecule has 2 N–H and O–H groups in total. The standard InChI is InChI=1S/C21H20ClN5O4/c1-30-16-8-3-12(9-17(16)31-2)10-18(28)23-20-25-21-24-19(29)11-15(27(21)26-20)13-4-6-14(22)7-5-13/h3-9,15H,10-11H2,1-2H3,(H2,23,24,25,26,28,29)/t15-/m1/s1. The Morgan fingerprint density at radius 1 is 1.19 bits per heavy atom. The maximum Gasteiger partial charge on any atom is 0.250 e. The summed E-state index contributed by atoms with van der Waals surface area (Å²) in [6.07, 6.45) is 0.300. The highest BCUT2D eigenvalue weighted by Gasteiger charge is 2.29. The fraction of sp³-hybridized carbons (Fsp3) is 0.238. The van der Waals surface area contributed by atoms with Crippen LogP contribution in [0.25, 0.3) is 0 Å². The van der Waals surface area contributed by atoms with Crippen LogP contribution in [0.5, 0.6) is 11.5 Å². The molecule has 1 atom stereocenters. The van der Waals surface area contributed by atoms with Crippen LogP contribution in [0.4, 0.5) is 11.9 Å². The molecule has 0 aliphatic carbocycles. The molecule has 9 nitrogen and oxygen atoms in total. The van der Waals surface area contributed by atoms with Crippen molar-refractivity contribution >= 4 is 35.3 Å². The van der Waals surface area contributed by atoms with Crippen molar-refractivity contribution < 1.29 is 19.1 Å². The zero-order chi connectivity index (χ0) is 22.0. The molecular weight excluding hydrogens is 422 g/mol. The van der Waals surface area contributed by atoms with Gasteiger partial charge >= 0.3 is 0 Å². The summed E-state index contributed by atoms with van der Waals surface area (Å²) in [6.45, 7) is 0. The van der Waals surface area contributed by atoms with E-state index in [2.05, 4.69) is 20.7 Å². The molecule has 3 aromatic rings. The summed E-state index contributed by atoms with van der Waals surface area (Å²) in [5, 5.41) is 10.4. The molecule has 2 heterocycles. The highest BCUT2D eigenvalue weighted by atomic mass is 35.5. The van der Waals surface area contributed by atoms with Crippen molar-refractivity contribution in [2.24, 2.45) is 0 Å². The molecule has 31 heavy (non-hydrogen) atoms. The van der Waals surface area contributed by atoms with Gasteiger partial charge in [0.1, 0.15) is 0 Å². The molecule has 2 amide bonds. The smallest absolute Gasteiger partial charge is 0.250 e. The first-order chi connectivity index (χ1) is 15.0. The maximum atomic E-state index is 12.5. The van der Waals surface area contributed by atoms with Crippen LogP contribution in [0, 0.1) is 0 Å². The average molecular weight is 442 g/mol. The van der Waals surface area contributed by atoms with Crippen molar-refractivity contribution in [3.8, 4) is 11.5 Å². The molecule has 1 aromatic heterocycles. The number of rotatable bonds is 6. The van der Waals surface area contributed by atoms with E-state index >= 15 is 0 Å². The Morgan fingerprint density at radius 2 is 1.94 bits per heavy atom. The van der Waals surface area contributed by atoms with Crippen LogP contribution in [0.1, 0.15) is 23.6 Å². The SMILES string of the molecule is COc1ccc(CC(=O)Nc2nc3n(n2)[C@@H](c2ccc(Cl)cc2)CC(=O)N3)cc1OC. The minimum atomic E-state index is -0.343. The summed E-state index contributed by atoms with van der Waals surface area (Å²) in [6, 6.07) is 12.1. The van der Waals surface area contributed by atoms with Gasteiger partial charge in [-0.25, -0.2) is 4.68 Å². The lowest BCUT2D eigenvalue weighted by molar-refractivity contribution is -0.117. The van der Waals surface area contributed by atoms with Crippen molar-refractivity contribution in [1.82, 2.24) is 14.8 Å². The van der Waals surface area contributed by atoms with E-state index < -0.39 is 0 Å². The Balaban J connectivity index is 1.51. The number of hydrogen-bond acceptors (Lipinski definition) is 6. The number of nitrogens with one attached hydrogen (secondary N) is 2. The number of halogens is 1. The molecule has 2 aromatic carbocycles. The maximum absolute atomic E-state index is 12.5. The number of hydrogen-bond donors (Lipinski definition) is 2. The van der Waals surface area contributed by atoms with Gasteiger partial charge in [-0.3, -0.25) is 20.2 Å². The molecule has 0 unspecified atom stereocenters. The van der Waals surface area contributed by atoms with E-state index in [-0.39, 0.29) is 42.6 Å². The van der Waals surface area contributed by atoms with Crippen molar-refractivity contribution in [1.29, 1.82) is 0 Å². The predicted octanol–water partition coefficient (Wildman–Crippen LogP) is 3.06. The van der Waals surface area contributed by atoms with E-state index in [0.717, 1.165) is 11.1 Å². The van der Waals surface area contributed by atoms with Crippen LogP contribution in [0.15, 0.2) is 42.5 Å². The zero-order valence-corrected chi connectivity index (χ0v) is 17.6. The van der Waals surface area contributed by atoms with Gasteiger partial charge in [-0.05, 0) is 35.4 Å². The minimum Gasteiger partial charge on any atom is -0.493 e. The first kappa shape index (κ1) is 20.7. The van der Waals surface area contributed by atoms with E-state index in [1.165, 1.54) is 7.11 Å². The van der Waals surface area contributed by atoms with Gasteiger partial charge in [0.15, 0.2) is 11.5 Å². The van der Waals surface area contributed by atoms with Gasteiger partial charge in [0.05, 0.1) is 33.1 Å². The summed E-state index contributed by atoms with van der Waals surface area (Å²) < 4.78 is 12.1. The van der Waals surface area contributed by atoms with E-state index in [1.807, 2.05) is 12.1 Å². The molecule has 0 bridgehead atoms. The third kappa shape index (κ3) is 4.46.